The van der Waals surface area contributed by atoms with Gasteiger partial charge in [-0.25, -0.2) is 4.79 Å². The molecule has 5 heteroatoms. The number of carbonyl (C=O) groups is 1. The number of hydrogen-bond acceptors (Lipinski definition) is 5. The van der Waals surface area contributed by atoms with Crippen LogP contribution in [0.5, 0.6) is 5.75 Å². The number of nitrogens with one attached hydrogen (secondary N) is 1. The van der Waals surface area contributed by atoms with Gasteiger partial charge >= 0.3 is 5.97 Å². The molecule has 0 amide bonds. The summed E-state index contributed by atoms with van der Waals surface area (Å²) in [5.74, 6) is 0.387. The first-order valence-electron chi connectivity index (χ1n) is 7.83. The molecule has 0 spiro atoms. The standard InChI is InChI=1S/C18H25NO4/c1-12(2)23-17(20)10-14-9-16(19-11-18(14,3)21)13-5-7-15(22-4)8-6-13/h5-8,10,12,16,19,21H,9,11H2,1-4H3. The van der Waals surface area contributed by atoms with E-state index in [2.05, 4.69) is 5.32 Å². The van der Waals surface area contributed by atoms with E-state index in [-0.39, 0.29) is 12.1 Å². The third kappa shape index (κ3) is 4.56. The second-order valence-corrected chi connectivity index (χ2v) is 6.34. The summed E-state index contributed by atoms with van der Waals surface area (Å²) in [5.41, 5.74) is 0.714. The zero-order valence-electron chi connectivity index (χ0n) is 14.1. The maximum Gasteiger partial charge on any atom is 0.331 e. The molecule has 2 atom stereocenters. The average molecular weight is 319 g/mol. The summed E-state index contributed by atoms with van der Waals surface area (Å²) in [5, 5.41) is 13.8. The molecule has 1 aliphatic heterocycles. The molecule has 1 heterocycles. The molecule has 5 nitrogen and oxygen atoms in total. The number of benzene rings is 1. The highest BCUT2D eigenvalue weighted by Crippen LogP contribution is 2.33. The van der Waals surface area contributed by atoms with Gasteiger partial charge in [-0.1, -0.05) is 12.1 Å². The lowest BCUT2D eigenvalue weighted by Gasteiger charge is -2.37. The van der Waals surface area contributed by atoms with Crippen LogP contribution in [0.25, 0.3) is 0 Å². The fraction of sp³-hybridized carbons (Fsp3) is 0.500. The summed E-state index contributed by atoms with van der Waals surface area (Å²) in [4.78, 5) is 11.9. The molecule has 0 bridgehead atoms. The Kier molecular flexibility index (Phi) is 5.44. The fourth-order valence-electron chi connectivity index (χ4n) is 2.64. The number of ether oxygens (including phenoxy) is 2. The summed E-state index contributed by atoms with van der Waals surface area (Å²) in [6.07, 6.45) is 1.80. The number of aliphatic hydroxyl groups is 1. The molecule has 0 saturated carbocycles. The van der Waals surface area contributed by atoms with Gasteiger partial charge in [0.05, 0.1) is 18.8 Å². The predicted octanol–water partition coefficient (Wildman–Crippen LogP) is 2.36. The van der Waals surface area contributed by atoms with Crippen LogP contribution in [0.1, 0.15) is 38.8 Å². The Labute approximate surface area is 137 Å². The minimum atomic E-state index is -1.06. The Morgan fingerprint density at radius 3 is 2.61 bits per heavy atom. The van der Waals surface area contributed by atoms with Crippen molar-refractivity contribution in [2.75, 3.05) is 13.7 Å². The molecule has 126 valence electrons. The van der Waals surface area contributed by atoms with Crippen molar-refractivity contribution in [1.29, 1.82) is 0 Å². The topological polar surface area (TPSA) is 67.8 Å². The summed E-state index contributed by atoms with van der Waals surface area (Å²) < 4.78 is 10.3. The largest absolute Gasteiger partial charge is 0.497 e. The highest BCUT2D eigenvalue weighted by Gasteiger charge is 2.34. The van der Waals surface area contributed by atoms with Crippen LogP contribution < -0.4 is 10.1 Å². The van der Waals surface area contributed by atoms with Gasteiger partial charge in [-0.3, -0.25) is 0 Å². The molecule has 23 heavy (non-hydrogen) atoms. The first-order chi connectivity index (χ1) is 10.8. The summed E-state index contributed by atoms with van der Waals surface area (Å²) in [6, 6.07) is 7.82. The fourth-order valence-corrected chi connectivity index (χ4v) is 2.64. The van der Waals surface area contributed by atoms with E-state index in [4.69, 9.17) is 9.47 Å². The number of hydrogen-bond donors (Lipinski definition) is 2. The Balaban J connectivity index is 2.17. The van der Waals surface area contributed by atoms with Crippen molar-refractivity contribution in [2.45, 2.75) is 44.9 Å². The van der Waals surface area contributed by atoms with Crippen LogP contribution in [0, 0.1) is 0 Å². The van der Waals surface area contributed by atoms with Gasteiger partial charge < -0.3 is 19.9 Å². The number of piperidine rings is 1. The average Bonchev–Trinajstić information content (AvgIpc) is 2.49. The number of esters is 1. The monoisotopic (exact) mass is 319 g/mol. The van der Waals surface area contributed by atoms with Crippen LogP contribution in [-0.4, -0.2) is 36.4 Å². The second-order valence-electron chi connectivity index (χ2n) is 6.34. The third-order valence-corrected chi connectivity index (χ3v) is 3.97. The van der Waals surface area contributed by atoms with Crippen LogP contribution in [0.4, 0.5) is 0 Å². The van der Waals surface area contributed by atoms with Crippen molar-refractivity contribution >= 4 is 5.97 Å². The molecular formula is C18H25NO4. The zero-order chi connectivity index (χ0) is 17.0. The lowest BCUT2D eigenvalue weighted by atomic mass is 9.83. The molecule has 1 aromatic carbocycles. The van der Waals surface area contributed by atoms with E-state index in [0.29, 0.717) is 18.5 Å². The molecule has 1 aliphatic rings. The molecule has 1 aromatic rings. The van der Waals surface area contributed by atoms with Crippen molar-refractivity contribution in [3.8, 4) is 5.75 Å². The van der Waals surface area contributed by atoms with Gasteiger partial charge in [0.15, 0.2) is 0 Å². The number of methoxy groups -OCH3 is 1. The maximum atomic E-state index is 11.9. The van der Waals surface area contributed by atoms with E-state index in [0.717, 1.165) is 11.3 Å². The van der Waals surface area contributed by atoms with Crippen molar-refractivity contribution in [2.24, 2.45) is 0 Å². The maximum absolute atomic E-state index is 11.9. The van der Waals surface area contributed by atoms with Crippen molar-refractivity contribution in [1.82, 2.24) is 5.32 Å². The van der Waals surface area contributed by atoms with Crippen molar-refractivity contribution < 1.29 is 19.4 Å². The quantitative estimate of drug-likeness (QED) is 0.659. The molecular weight excluding hydrogens is 294 g/mol. The highest BCUT2D eigenvalue weighted by atomic mass is 16.5. The van der Waals surface area contributed by atoms with E-state index >= 15 is 0 Å². The van der Waals surface area contributed by atoms with Crippen LogP contribution in [0.3, 0.4) is 0 Å². The first-order valence-corrected chi connectivity index (χ1v) is 7.83. The van der Waals surface area contributed by atoms with Gasteiger partial charge in [0.1, 0.15) is 5.75 Å². The minimum Gasteiger partial charge on any atom is -0.497 e. The number of carbonyl (C=O) groups excluding carboxylic acids is 1. The molecule has 1 saturated heterocycles. The van der Waals surface area contributed by atoms with Crippen LogP contribution >= 0.6 is 0 Å². The summed E-state index contributed by atoms with van der Waals surface area (Å²) >= 11 is 0. The van der Waals surface area contributed by atoms with Crippen LogP contribution in [0.15, 0.2) is 35.9 Å². The smallest absolute Gasteiger partial charge is 0.331 e. The lowest BCUT2D eigenvalue weighted by Crippen LogP contribution is -2.46. The molecule has 2 rings (SSSR count). The zero-order valence-corrected chi connectivity index (χ0v) is 14.1. The van der Waals surface area contributed by atoms with E-state index in [1.54, 1.807) is 27.9 Å². The third-order valence-electron chi connectivity index (χ3n) is 3.97. The Hall–Kier alpha value is -1.85. The SMILES string of the molecule is COc1ccc(C2CC(=CC(=O)OC(C)C)C(C)(O)CN2)cc1. The van der Waals surface area contributed by atoms with E-state index < -0.39 is 11.6 Å². The molecule has 1 fully saturated rings. The normalized spacial score (nSPS) is 26.3. The van der Waals surface area contributed by atoms with Gasteiger partial charge in [-0.05, 0) is 50.5 Å². The summed E-state index contributed by atoms with van der Waals surface area (Å²) in [7, 11) is 1.63. The van der Waals surface area contributed by atoms with Gasteiger partial charge in [0, 0.05) is 18.7 Å². The van der Waals surface area contributed by atoms with Gasteiger partial charge in [-0.2, -0.15) is 0 Å². The Bertz CT molecular complexity index is 575. The van der Waals surface area contributed by atoms with Crippen LogP contribution in [0.2, 0.25) is 0 Å². The van der Waals surface area contributed by atoms with Gasteiger partial charge in [0.25, 0.3) is 0 Å². The van der Waals surface area contributed by atoms with Gasteiger partial charge in [-0.15, -0.1) is 0 Å². The molecule has 0 radical (unpaired) electrons. The first kappa shape index (κ1) is 17.5. The Morgan fingerprint density at radius 2 is 2.04 bits per heavy atom. The molecule has 2 unspecified atom stereocenters. The van der Waals surface area contributed by atoms with E-state index in [9.17, 15) is 9.90 Å². The lowest BCUT2D eigenvalue weighted by molar-refractivity contribution is -0.141. The van der Waals surface area contributed by atoms with Crippen molar-refractivity contribution in [3.05, 3.63) is 41.5 Å². The van der Waals surface area contributed by atoms with E-state index in [1.807, 2.05) is 24.3 Å². The number of rotatable bonds is 4. The van der Waals surface area contributed by atoms with Gasteiger partial charge in [0.2, 0.25) is 0 Å². The van der Waals surface area contributed by atoms with Crippen molar-refractivity contribution in [3.63, 3.8) is 0 Å². The highest BCUT2D eigenvalue weighted by molar-refractivity contribution is 5.83. The molecule has 0 aliphatic carbocycles. The van der Waals surface area contributed by atoms with Crippen LogP contribution in [-0.2, 0) is 9.53 Å². The minimum absolute atomic E-state index is 0.0410. The number of β-amino-alcohol motifs (C(OH)–C–C–N with tert-alkyl or cyclic N) is 1. The second kappa shape index (κ2) is 7.15. The Morgan fingerprint density at radius 1 is 1.39 bits per heavy atom. The molecule has 0 aromatic heterocycles. The van der Waals surface area contributed by atoms with E-state index in [1.165, 1.54) is 6.08 Å². The summed E-state index contributed by atoms with van der Waals surface area (Å²) in [6.45, 7) is 5.69. The molecule has 2 N–H and O–H groups in total. The predicted molar refractivity (Wildman–Crippen MR) is 88.3 cm³/mol.